The first-order chi connectivity index (χ1) is 37.5. The minimum absolute atomic E-state index is 0.0144. The van der Waals surface area contributed by atoms with Crippen molar-refractivity contribution >= 4 is 32.8 Å². The summed E-state index contributed by atoms with van der Waals surface area (Å²) < 4.78 is 4.79. The number of fused-ring (bicyclic) bond motifs is 4. The molecule has 0 atom stereocenters. The quantitative estimate of drug-likeness (QED) is 0.181. The Morgan fingerprint density at radius 1 is 0.358 bits per heavy atom. The van der Waals surface area contributed by atoms with Gasteiger partial charge in [0.1, 0.15) is 11.6 Å². The van der Waals surface area contributed by atoms with Crippen molar-refractivity contribution in [1.29, 1.82) is 0 Å². The number of aromatic nitrogens is 4. The van der Waals surface area contributed by atoms with Crippen molar-refractivity contribution < 1.29 is 5.11 Å². The van der Waals surface area contributed by atoms with Crippen LogP contribution in [0.2, 0.25) is 0 Å². The summed E-state index contributed by atoms with van der Waals surface area (Å²) in [5.41, 5.74) is 20.6. The summed E-state index contributed by atoms with van der Waals surface area (Å²) in [6, 6.07) is 52.3. The van der Waals surface area contributed by atoms with Crippen molar-refractivity contribution in [3.8, 4) is 62.0 Å². The molecule has 3 aromatic heterocycles. The van der Waals surface area contributed by atoms with Gasteiger partial charge in [-0.1, -0.05) is 200 Å². The van der Waals surface area contributed by atoms with E-state index in [1.165, 1.54) is 55.2 Å². The third kappa shape index (κ3) is 10.8. The van der Waals surface area contributed by atoms with Crippen LogP contribution in [-0.2, 0) is 37.9 Å². The average molecular weight is 1070 g/mol. The van der Waals surface area contributed by atoms with Crippen LogP contribution in [-0.4, -0.2) is 24.2 Å². The van der Waals surface area contributed by atoms with E-state index in [0.29, 0.717) is 5.82 Å². The summed E-state index contributed by atoms with van der Waals surface area (Å²) in [5.74, 6) is 0.981. The van der Waals surface area contributed by atoms with Crippen LogP contribution in [0.4, 0.5) is 0 Å². The molecule has 0 unspecified atom stereocenters. The Balaban J connectivity index is 1.25. The van der Waals surface area contributed by atoms with Gasteiger partial charge in [-0.15, -0.1) is 0 Å². The number of pyridine rings is 1. The average Bonchev–Trinajstić information content (AvgIpc) is 3.95. The highest BCUT2D eigenvalue weighted by atomic mass is 16.3. The van der Waals surface area contributed by atoms with Crippen molar-refractivity contribution in [3.63, 3.8) is 0 Å². The first-order valence-electron chi connectivity index (χ1n) is 29.4. The Morgan fingerprint density at radius 3 is 1.49 bits per heavy atom. The molecular weight excluding hydrogens is 985 g/mol. The number of imidazole rings is 1. The van der Waals surface area contributed by atoms with E-state index in [0.717, 1.165) is 67.0 Å². The van der Waals surface area contributed by atoms with E-state index < -0.39 is 0 Å². The molecule has 0 amide bonds. The summed E-state index contributed by atoms with van der Waals surface area (Å²) in [5, 5.41) is 15.2. The maximum absolute atomic E-state index is 12.7. The molecule has 0 bridgehead atoms. The second-order valence-electron chi connectivity index (χ2n) is 30.4. The molecule has 0 saturated carbocycles. The van der Waals surface area contributed by atoms with Crippen LogP contribution in [0.15, 0.2) is 146 Å². The van der Waals surface area contributed by atoms with Gasteiger partial charge in [-0.25, -0.2) is 4.98 Å². The first kappa shape index (κ1) is 57.0. The van der Waals surface area contributed by atoms with Gasteiger partial charge in [-0.2, -0.15) is 0 Å². The molecule has 81 heavy (non-hydrogen) atoms. The molecule has 0 radical (unpaired) electrons. The van der Waals surface area contributed by atoms with Gasteiger partial charge in [0.2, 0.25) is 0 Å². The van der Waals surface area contributed by atoms with E-state index in [2.05, 4.69) is 294 Å². The molecule has 0 saturated heterocycles. The number of phenols is 1. The minimum atomic E-state index is -0.333. The highest BCUT2D eigenvalue weighted by Crippen LogP contribution is 2.47. The van der Waals surface area contributed by atoms with Gasteiger partial charge in [0, 0.05) is 50.6 Å². The van der Waals surface area contributed by atoms with E-state index in [9.17, 15) is 5.11 Å². The van der Waals surface area contributed by atoms with E-state index in [1.54, 1.807) is 0 Å². The van der Waals surface area contributed by atoms with Gasteiger partial charge in [-0.3, -0.25) is 9.55 Å². The topological polar surface area (TPSA) is 55.9 Å². The fourth-order valence-corrected chi connectivity index (χ4v) is 11.4. The van der Waals surface area contributed by atoms with E-state index >= 15 is 0 Å². The van der Waals surface area contributed by atoms with Crippen LogP contribution in [0.1, 0.15) is 184 Å². The first-order valence-corrected chi connectivity index (χ1v) is 29.4. The second-order valence-corrected chi connectivity index (χ2v) is 30.4. The van der Waals surface area contributed by atoms with E-state index in [-0.39, 0.29) is 43.7 Å². The Bertz CT molecular complexity index is 4040. The van der Waals surface area contributed by atoms with Crippen LogP contribution in [0.3, 0.4) is 0 Å². The van der Waals surface area contributed by atoms with Gasteiger partial charge < -0.3 is 9.67 Å². The number of hydrogen-bond donors (Lipinski definition) is 1. The van der Waals surface area contributed by atoms with Crippen LogP contribution in [0, 0.1) is 0 Å². The summed E-state index contributed by atoms with van der Waals surface area (Å²) in [6.45, 7) is 47.8. The molecule has 5 heteroatoms. The monoisotopic (exact) mass is 1070 g/mol. The molecule has 7 aromatic carbocycles. The summed E-state index contributed by atoms with van der Waals surface area (Å²) in [4.78, 5) is 11.0. The summed E-state index contributed by atoms with van der Waals surface area (Å²) in [6.07, 6.45) is 1.99. The lowest BCUT2D eigenvalue weighted by Crippen LogP contribution is -2.18. The van der Waals surface area contributed by atoms with Gasteiger partial charge in [-0.05, 0) is 167 Å². The molecule has 10 rings (SSSR count). The van der Waals surface area contributed by atoms with Crippen LogP contribution < -0.4 is 0 Å². The fourth-order valence-electron chi connectivity index (χ4n) is 11.4. The molecule has 0 spiro atoms. The van der Waals surface area contributed by atoms with Crippen LogP contribution in [0.25, 0.3) is 89.1 Å². The van der Waals surface area contributed by atoms with Crippen LogP contribution >= 0.6 is 0 Å². The SMILES string of the molecule is CC(C)(C)c1cc(-c2cc(-c3cc(C(C)(C)C)cc4c5cc(C(C)(C)C)ccc5n(-c5ccccc5)c34)ccn2)cc(-c2cccc3c2nc(-c2cc(C(C)(C)C)cc(C(C)(C)C)c2O)n3-c2cc(C(C)(C)C)cc(C(C)(C)C)c2)c1. The third-order valence-electron chi connectivity index (χ3n) is 16.7. The molecule has 10 aromatic rings. The van der Waals surface area contributed by atoms with E-state index in [1.807, 2.05) is 6.20 Å². The predicted molar refractivity (Wildman–Crippen MR) is 348 cm³/mol. The molecule has 1 N–H and O–H groups in total. The number of phenolic OH excluding ortho intramolecular Hbond substituents is 1. The maximum atomic E-state index is 12.7. The van der Waals surface area contributed by atoms with Gasteiger partial charge in [0.25, 0.3) is 0 Å². The Labute approximate surface area is 484 Å². The fraction of sp³-hybridized carbons (Fsp3) is 0.368. The molecule has 0 fully saturated rings. The highest BCUT2D eigenvalue weighted by molar-refractivity contribution is 6.14. The van der Waals surface area contributed by atoms with Crippen molar-refractivity contribution in [2.75, 3.05) is 0 Å². The number of benzene rings is 7. The second kappa shape index (κ2) is 19.5. The molecule has 0 aliphatic heterocycles. The number of nitrogens with zero attached hydrogens (tertiary/aromatic N) is 4. The lowest BCUT2D eigenvalue weighted by molar-refractivity contribution is 0.446. The Hall–Kier alpha value is -7.24. The van der Waals surface area contributed by atoms with Gasteiger partial charge >= 0.3 is 0 Å². The van der Waals surface area contributed by atoms with Crippen molar-refractivity contribution in [1.82, 2.24) is 19.1 Å². The lowest BCUT2D eigenvalue weighted by atomic mass is 9.78. The zero-order valence-corrected chi connectivity index (χ0v) is 52.6. The standard InChI is InChI=1S/C76H88N4O/c1-70(2,3)49-30-31-64-59(41-49)60-43-53(74(13,14)15)42-58(67(60)79(64)55-26-23-22-24-27-55)46-32-33-77-63(37-46)48-34-47(35-50(36-48)71(4,5)6)57-28-25-29-65-66(57)78-69(61-44-54(75(16,17)18)45-62(68(61)81)76(19,20)21)80(65)56-39-51(72(7,8)9)38-52(40-56)73(10,11)12/h22-45,81H,1-21H3. The number of hydrogen-bond acceptors (Lipinski definition) is 3. The normalized spacial score (nSPS) is 13.3. The van der Waals surface area contributed by atoms with E-state index in [4.69, 9.17) is 9.97 Å². The largest absolute Gasteiger partial charge is 0.507 e. The minimum Gasteiger partial charge on any atom is -0.507 e. The Morgan fingerprint density at radius 2 is 0.901 bits per heavy atom. The number of rotatable bonds is 6. The zero-order valence-electron chi connectivity index (χ0n) is 52.6. The van der Waals surface area contributed by atoms with Gasteiger partial charge in [0.15, 0.2) is 0 Å². The lowest BCUT2D eigenvalue weighted by Gasteiger charge is -2.28. The third-order valence-corrected chi connectivity index (χ3v) is 16.7. The zero-order chi connectivity index (χ0) is 58.9. The molecular formula is C76H88N4O. The molecule has 3 heterocycles. The molecule has 0 aliphatic carbocycles. The Kier molecular flexibility index (Phi) is 13.7. The summed E-state index contributed by atoms with van der Waals surface area (Å²) >= 11 is 0. The van der Waals surface area contributed by atoms with Crippen molar-refractivity contribution in [3.05, 3.63) is 185 Å². The smallest absolute Gasteiger partial charge is 0.149 e. The van der Waals surface area contributed by atoms with Gasteiger partial charge in [0.05, 0.1) is 33.3 Å². The predicted octanol–water partition coefficient (Wildman–Crippen LogP) is 21.0. The molecule has 5 nitrogen and oxygen atoms in total. The highest BCUT2D eigenvalue weighted by Gasteiger charge is 2.31. The van der Waals surface area contributed by atoms with Crippen molar-refractivity contribution in [2.45, 2.75) is 183 Å². The number of aromatic hydroxyl groups is 1. The molecule has 418 valence electrons. The van der Waals surface area contributed by atoms with Crippen LogP contribution in [0.5, 0.6) is 5.75 Å². The van der Waals surface area contributed by atoms with Crippen molar-refractivity contribution in [2.24, 2.45) is 0 Å². The number of para-hydroxylation sites is 2. The maximum Gasteiger partial charge on any atom is 0.149 e. The summed E-state index contributed by atoms with van der Waals surface area (Å²) in [7, 11) is 0. The molecule has 0 aliphatic rings.